The third-order valence-electron chi connectivity index (χ3n) is 5.77. The Bertz CT molecular complexity index is 1410. The Hall–Kier alpha value is -4.95. The zero-order valence-corrected chi connectivity index (χ0v) is 19.5. The van der Waals surface area contributed by atoms with Crippen LogP contribution in [0, 0.1) is 0 Å². The third-order valence-corrected chi connectivity index (χ3v) is 5.77. The van der Waals surface area contributed by atoms with E-state index in [0.29, 0.717) is 39.5 Å². The fourth-order valence-corrected chi connectivity index (χ4v) is 3.88. The molecule has 0 aromatic heterocycles. The number of hydrogen-bond donors (Lipinski definition) is 2. The van der Waals surface area contributed by atoms with Crippen LogP contribution in [0.4, 0.5) is 0 Å². The SMILES string of the molecule is O=C(Oc1cccc(/C=N\NC(=O)C(O)(c2ccccc2)c2ccccc2)c1)c1ccc2c(c1)OCO2. The number of aliphatic hydroxyl groups is 1. The molecular formula is C29H22N2O6. The fraction of sp³-hybridized carbons (Fsp3) is 0.0690. The Balaban J connectivity index is 1.29. The molecule has 0 radical (unpaired) electrons. The number of hydrazone groups is 1. The molecule has 5 rings (SSSR count). The van der Waals surface area contributed by atoms with Crippen molar-refractivity contribution in [3.05, 3.63) is 125 Å². The first kappa shape index (κ1) is 23.8. The Morgan fingerprint density at radius 3 is 2.22 bits per heavy atom. The van der Waals surface area contributed by atoms with E-state index in [1.54, 1.807) is 103 Å². The lowest BCUT2D eigenvalue weighted by Gasteiger charge is -2.27. The van der Waals surface area contributed by atoms with Gasteiger partial charge in [0.15, 0.2) is 17.1 Å². The third kappa shape index (κ3) is 5.05. The van der Waals surface area contributed by atoms with Crippen LogP contribution in [-0.4, -0.2) is 30.0 Å². The second-order valence-corrected chi connectivity index (χ2v) is 8.17. The molecule has 4 aromatic rings. The van der Waals surface area contributed by atoms with Crippen LogP contribution >= 0.6 is 0 Å². The van der Waals surface area contributed by atoms with Crippen molar-refractivity contribution in [2.75, 3.05) is 6.79 Å². The largest absolute Gasteiger partial charge is 0.454 e. The number of fused-ring (bicyclic) bond motifs is 1. The molecule has 0 saturated carbocycles. The summed E-state index contributed by atoms with van der Waals surface area (Å²) in [5.74, 6) is 0.0753. The summed E-state index contributed by atoms with van der Waals surface area (Å²) in [6.07, 6.45) is 1.40. The van der Waals surface area contributed by atoms with Gasteiger partial charge in [-0.2, -0.15) is 5.10 Å². The molecule has 4 aromatic carbocycles. The quantitative estimate of drug-likeness (QED) is 0.174. The molecule has 37 heavy (non-hydrogen) atoms. The Kier molecular flexibility index (Phi) is 6.65. The van der Waals surface area contributed by atoms with Crippen molar-refractivity contribution in [3.63, 3.8) is 0 Å². The second-order valence-electron chi connectivity index (χ2n) is 8.17. The summed E-state index contributed by atoms with van der Waals surface area (Å²) in [6.45, 7) is 0.111. The minimum atomic E-state index is -1.94. The number of amides is 1. The Labute approximate surface area is 212 Å². The van der Waals surface area contributed by atoms with E-state index in [2.05, 4.69) is 10.5 Å². The van der Waals surface area contributed by atoms with Gasteiger partial charge >= 0.3 is 5.97 Å². The number of hydrogen-bond acceptors (Lipinski definition) is 7. The van der Waals surface area contributed by atoms with Crippen LogP contribution in [0.15, 0.2) is 108 Å². The van der Waals surface area contributed by atoms with E-state index in [0.717, 1.165) is 0 Å². The molecule has 0 unspecified atom stereocenters. The van der Waals surface area contributed by atoms with Crippen LogP contribution in [0.5, 0.6) is 17.2 Å². The monoisotopic (exact) mass is 494 g/mol. The van der Waals surface area contributed by atoms with Crippen LogP contribution in [0.25, 0.3) is 0 Å². The minimum absolute atomic E-state index is 0.111. The molecule has 1 heterocycles. The number of esters is 1. The molecule has 1 amide bonds. The number of nitrogens with zero attached hydrogens (tertiary/aromatic N) is 1. The lowest BCUT2D eigenvalue weighted by molar-refractivity contribution is -0.136. The molecule has 8 heteroatoms. The van der Waals surface area contributed by atoms with Gasteiger partial charge in [-0.3, -0.25) is 4.79 Å². The summed E-state index contributed by atoms with van der Waals surface area (Å²) < 4.78 is 16.0. The summed E-state index contributed by atoms with van der Waals surface area (Å²) in [7, 11) is 0. The highest BCUT2D eigenvalue weighted by Crippen LogP contribution is 2.33. The summed E-state index contributed by atoms with van der Waals surface area (Å²) in [5, 5.41) is 15.5. The Morgan fingerprint density at radius 2 is 1.51 bits per heavy atom. The molecule has 184 valence electrons. The minimum Gasteiger partial charge on any atom is -0.454 e. The van der Waals surface area contributed by atoms with E-state index in [-0.39, 0.29) is 6.79 Å². The molecule has 1 aliphatic heterocycles. The summed E-state index contributed by atoms with van der Waals surface area (Å²) >= 11 is 0. The second kappa shape index (κ2) is 10.3. The van der Waals surface area contributed by atoms with Gasteiger partial charge in [-0.15, -0.1) is 0 Å². The first-order chi connectivity index (χ1) is 18.0. The molecule has 1 aliphatic rings. The first-order valence-electron chi connectivity index (χ1n) is 11.4. The molecule has 0 aliphatic carbocycles. The number of ether oxygens (including phenoxy) is 3. The standard InChI is InChI=1S/C29H22N2O6/c32-27(21-14-15-25-26(17-21)36-19-35-25)37-24-13-7-8-20(16-24)18-30-31-28(33)29(34,22-9-3-1-4-10-22)23-11-5-2-6-12-23/h1-18,34H,19H2,(H,31,33)/b30-18-. The van der Waals surface area contributed by atoms with E-state index >= 15 is 0 Å². The van der Waals surface area contributed by atoms with Crippen molar-refractivity contribution in [2.45, 2.75) is 5.60 Å². The van der Waals surface area contributed by atoms with E-state index in [1.807, 2.05) is 0 Å². The predicted octanol–water partition coefficient (Wildman–Crippen LogP) is 4.02. The van der Waals surface area contributed by atoms with Crippen LogP contribution in [-0.2, 0) is 10.4 Å². The lowest BCUT2D eigenvalue weighted by atomic mass is 9.85. The normalized spacial score (nSPS) is 12.4. The van der Waals surface area contributed by atoms with Crippen LogP contribution in [0.3, 0.4) is 0 Å². The van der Waals surface area contributed by atoms with Gasteiger partial charge in [0.1, 0.15) is 5.75 Å². The molecule has 0 spiro atoms. The van der Waals surface area contributed by atoms with Crippen LogP contribution in [0.1, 0.15) is 27.0 Å². The molecule has 0 saturated heterocycles. The van der Waals surface area contributed by atoms with Gasteiger partial charge < -0.3 is 19.3 Å². The van der Waals surface area contributed by atoms with Gasteiger partial charge in [-0.1, -0.05) is 72.8 Å². The van der Waals surface area contributed by atoms with Gasteiger partial charge in [-0.25, -0.2) is 10.2 Å². The van der Waals surface area contributed by atoms with Gasteiger partial charge in [-0.05, 0) is 47.0 Å². The number of rotatable bonds is 7. The molecule has 0 atom stereocenters. The lowest BCUT2D eigenvalue weighted by Crippen LogP contribution is -2.43. The van der Waals surface area contributed by atoms with Crippen molar-refractivity contribution in [2.24, 2.45) is 5.10 Å². The van der Waals surface area contributed by atoms with Crippen molar-refractivity contribution < 1.29 is 28.9 Å². The highest BCUT2D eigenvalue weighted by molar-refractivity contribution is 5.93. The fourth-order valence-electron chi connectivity index (χ4n) is 3.88. The molecule has 0 bridgehead atoms. The van der Waals surface area contributed by atoms with Crippen LogP contribution < -0.4 is 19.6 Å². The summed E-state index contributed by atoms with van der Waals surface area (Å²) in [4.78, 5) is 25.7. The van der Waals surface area contributed by atoms with Gasteiger partial charge in [0.2, 0.25) is 6.79 Å². The average molecular weight is 495 g/mol. The molecular weight excluding hydrogens is 472 g/mol. The first-order valence-corrected chi connectivity index (χ1v) is 11.4. The summed E-state index contributed by atoms with van der Waals surface area (Å²) in [5.41, 5.74) is 2.19. The maximum Gasteiger partial charge on any atom is 0.343 e. The number of nitrogens with one attached hydrogen (secondary N) is 1. The van der Waals surface area contributed by atoms with E-state index in [9.17, 15) is 14.7 Å². The van der Waals surface area contributed by atoms with Crippen molar-refractivity contribution in [1.82, 2.24) is 5.43 Å². The van der Waals surface area contributed by atoms with E-state index in [1.165, 1.54) is 6.21 Å². The molecule has 8 nitrogen and oxygen atoms in total. The topological polar surface area (TPSA) is 106 Å². The average Bonchev–Trinajstić information content (AvgIpc) is 3.42. The molecule has 0 fully saturated rings. The maximum atomic E-state index is 13.1. The Morgan fingerprint density at radius 1 is 0.838 bits per heavy atom. The van der Waals surface area contributed by atoms with Gasteiger partial charge in [0.05, 0.1) is 11.8 Å². The zero-order valence-electron chi connectivity index (χ0n) is 19.5. The van der Waals surface area contributed by atoms with Crippen molar-refractivity contribution in [3.8, 4) is 17.2 Å². The number of benzene rings is 4. The van der Waals surface area contributed by atoms with E-state index in [4.69, 9.17) is 14.2 Å². The van der Waals surface area contributed by atoms with E-state index < -0.39 is 17.5 Å². The molecule has 2 N–H and O–H groups in total. The smallest absolute Gasteiger partial charge is 0.343 e. The van der Waals surface area contributed by atoms with Gasteiger partial charge in [0, 0.05) is 0 Å². The predicted molar refractivity (Wildman–Crippen MR) is 136 cm³/mol. The highest BCUT2D eigenvalue weighted by atomic mass is 16.7. The van der Waals surface area contributed by atoms with Crippen molar-refractivity contribution in [1.29, 1.82) is 0 Å². The zero-order chi connectivity index (χ0) is 25.7. The van der Waals surface area contributed by atoms with Crippen LogP contribution in [0.2, 0.25) is 0 Å². The summed E-state index contributed by atoms with van der Waals surface area (Å²) in [6, 6.07) is 28.7. The number of carbonyl (C=O) groups excluding carboxylic acids is 2. The number of carbonyl (C=O) groups is 2. The van der Waals surface area contributed by atoms with Gasteiger partial charge in [0.25, 0.3) is 5.91 Å². The highest BCUT2D eigenvalue weighted by Gasteiger charge is 2.39. The maximum absolute atomic E-state index is 13.1. The van der Waals surface area contributed by atoms with Crippen molar-refractivity contribution >= 4 is 18.1 Å².